The Morgan fingerprint density at radius 1 is 1.31 bits per heavy atom. The highest BCUT2D eigenvalue weighted by atomic mass is 79.9. The number of terminal acetylenes is 1. The molecule has 0 spiro atoms. The standard InChI is InChI=1S/C19H16Br2N2O3/c1-3-10-25-17-9-8-15(20)11-14(17)12-22-23-19(24)13(2)26-18-7-5-4-6-16(18)21/h1,4-9,11-13H,10H2,2H3,(H,23,24)/t13-/m1/s1. The van der Waals surface area contributed by atoms with Crippen LogP contribution in [0.15, 0.2) is 56.5 Å². The van der Waals surface area contributed by atoms with Gasteiger partial charge in [-0.15, -0.1) is 6.42 Å². The summed E-state index contributed by atoms with van der Waals surface area (Å²) in [5.74, 6) is 3.18. The molecule has 0 heterocycles. The molecule has 134 valence electrons. The minimum Gasteiger partial charge on any atom is -0.480 e. The van der Waals surface area contributed by atoms with Crippen LogP contribution in [-0.4, -0.2) is 24.8 Å². The highest BCUT2D eigenvalue weighted by Crippen LogP contribution is 2.25. The van der Waals surface area contributed by atoms with Gasteiger partial charge in [0.05, 0.1) is 10.7 Å². The fourth-order valence-electron chi connectivity index (χ4n) is 1.91. The van der Waals surface area contributed by atoms with E-state index < -0.39 is 6.10 Å². The Hall–Kier alpha value is -2.30. The number of hydrogen-bond donors (Lipinski definition) is 1. The van der Waals surface area contributed by atoms with Gasteiger partial charge >= 0.3 is 0 Å². The fraction of sp³-hybridized carbons (Fsp3) is 0.158. The van der Waals surface area contributed by atoms with Crippen LogP contribution in [-0.2, 0) is 4.79 Å². The molecule has 0 fully saturated rings. The van der Waals surface area contributed by atoms with Crippen molar-refractivity contribution >= 4 is 44.0 Å². The zero-order valence-electron chi connectivity index (χ0n) is 13.9. The molecule has 0 bridgehead atoms. The maximum atomic E-state index is 12.1. The number of amides is 1. The SMILES string of the molecule is C#CCOc1ccc(Br)cc1C=NNC(=O)[C@@H](C)Oc1ccccc1Br. The number of para-hydroxylation sites is 1. The number of hydrazone groups is 1. The first-order valence-corrected chi connectivity index (χ1v) is 9.19. The second-order valence-corrected chi connectivity index (χ2v) is 6.87. The first-order valence-electron chi connectivity index (χ1n) is 7.61. The molecule has 0 unspecified atom stereocenters. The lowest BCUT2D eigenvalue weighted by Crippen LogP contribution is -2.33. The maximum absolute atomic E-state index is 12.1. The van der Waals surface area contributed by atoms with Crippen molar-refractivity contribution < 1.29 is 14.3 Å². The highest BCUT2D eigenvalue weighted by Gasteiger charge is 2.15. The Morgan fingerprint density at radius 2 is 2.08 bits per heavy atom. The van der Waals surface area contributed by atoms with Crippen molar-refractivity contribution in [3.63, 3.8) is 0 Å². The molecular weight excluding hydrogens is 464 g/mol. The monoisotopic (exact) mass is 478 g/mol. The third-order valence-electron chi connectivity index (χ3n) is 3.17. The number of nitrogens with zero attached hydrogens (tertiary/aromatic N) is 1. The Morgan fingerprint density at radius 3 is 2.81 bits per heavy atom. The minimum absolute atomic E-state index is 0.145. The van der Waals surface area contributed by atoms with Gasteiger partial charge < -0.3 is 9.47 Å². The highest BCUT2D eigenvalue weighted by molar-refractivity contribution is 9.10. The molecule has 2 aromatic rings. The molecule has 7 heteroatoms. The van der Waals surface area contributed by atoms with Gasteiger partial charge in [-0.1, -0.05) is 34.0 Å². The number of carbonyl (C=O) groups excluding carboxylic acids is 1. The Balaban J connectivity index is 1.99. The van der Waals surface area contributed by atoms with Crippen molar-refractivity contribution in [1.82, 2.24) is 5.43 Å². The van der Waals surface area contributed by atoms with Crippen LogP contribution in [0, 0.1) is 12.3 Å². The van der Waals surface area contributed by atoms with Crippen LogP contribution in [0.4, 0.5) is 0 Å². The van der Waals surface area contributed by atoms with E-state index in [0.717, 1.165) is 8.95 Å². The van der Waals surface area contributed by atoms with Crippen LogP contribution in [0.5, 0.6) is 11.5 Å². The predicted molar refractivity (Wildman–Crippen MR) is 108 cm³/mol. The average Bonchev–Trinajstić information content (AvgIpc) is 2.62. The topological polar surface area (TPSA) is 59.9 Å². The van der Waals surface area contributed by atoms with E-state index in [1.165, 1.54) is 6.21 Å². The molecule has 0 aliphatic rings. The second-order valence-electron chi connectivity index (χ2n) is 5.10. The van der Waals surface area contributed by atoms with Crippen LogP contribution in [0.3, 0.4) is 0 Å². The predicted octanol–water partition coefficient (Wildman–Crippen LogP) is 4.14. The summed E-state index contributed by atoms with van der Waals surface area (Å²) in [5, 5.41) is 3.97. The molecule has 0 saturated carbocycles. The lowest BCUT2D eigenvalue weighted by Gasteiger charge is -2.14. The quantitative estimate of drug-likeness (QED) is 0.369. The van der Waals surface area contributed by atoms with E-state index in [-0.39, 0.29) is 12.5 Å². The molecule has 2 aromatic carbocycles. The molecule has 1 atom stereocenters. The van der Waals surface area contributed by atoms with Crippen LogP contribution in [0.2, 0.25) is 0 Å². The van der Waals surface area contributed by atoms with Crippen molar-refractivity contribution in [1.29, 1.82) is 0 Å². The summed E-state index contributed by atoms with van der Waals surface area (Å²) >= 11 is 6.76. The first kappa shape index (κ1) is 20.0. The van der Waals surface area contributed by atoms with Gasteiger partial charge in [-0.2, -0.15) is 5.10 Å². The number of rotatable bonds is 7. The van der Waals surface area contributed by atoms with Crippen molar-refractivity contribution in [3.8, 4) is 23.8 Å². The van der Waals surface area contributed by atoms with E-state index in [2.05, 4.69) is 48.3 Å². The van der Waals surface area contributed by atoms with Crippen LogP contribution >= 0.6 is 31.9 Å². The first-order chi connectivity index (χ1) is 12.5. The lowest BCUT2D eigenvalue weighted by molar-refractivity contribution is -0.127. The zero-order chi connectivity index (χ0) is 18.9. The molecule has 0 aromatic heterocycles. The summed E-state index contributed by atoms with van der Waals surface area (Å²) in [4.78, 5) is 12.1. The molecule has 26 heavy (non-hydrogen) atoms. The fourth-order valence-corrected chi connectivity index (χ4v) is 2.67. The summed E-state index contributed by atoms with van der Waals surface area (Å²) in [6, 6.07) is 12.7. The van der Waals surface area contributed by atoms with Crippen molar-refractivity contribution in [2.75, 3.05) is 6.61 Å². The summed E-state index contributed by atoms with van der Waals surface area (Å²) in [7, 11) is 0. The molecule has 2 rings (SSSR count). The van der Waals surface area contributed by atoms with E-state index in [1.807, 2.05) is 30.3 Å². The third-order valence-corrected chi connectivity index (χ3v) is 4.32. The summed E-state index contributed by atoms with van der Waals surface area (Å²) < 4.78 is 12.7. The Labute approximate surface area is 169 Å². The number of halogens is 2. The van der Waals surface area contributed by atoms with E-state index in [1.54, 1.807) is 19.1 Å². The molecule has 1 amide bonds. The molecule has 0 saturated heterocycles. The summed E-state index contributed by atoms with van der Waals surface area (Å²) in [5.41, 5.74) is 3.13. The maximum Gasteiger partial charge on any atom is 0.280 e. The van der Waals surface area contributed by atoms with Gasteiger partial charge in [0.1, 0.15) is 18.1 Å². The lowest BCUT2D eigenvalue weighted by atomic mass is 10.2. The number of nitrogens with one attached hydrogen (secondary N) is 1. The van der Waals surface area contributed by atoms with Crippen molar-refractivity contribution in [2.45, 2.75) is 13.0 Å². The van der Waals surface area contributed by atoms with Crippen molar-refractivity contribution in [2.24, 2.45) is 5.10 Å². The van der Waals surface area contributed by atoms with E-state index >= 15 is 0 Å². The summed E-state index contributed by atoms with van der Waals surface area (Å²) in [6.07, 6.45) is 5.98. The van der Waals surface area contributed by atoms with E-state index in [9.17, 15) is 4.79 Å². The van der Waals surface area contributed by atoms with Gasteiger partial charge in [0.2, 0.25) is 0 Å². The molecule has 0 radical (unpaired) electrons. The molecular formula is C19H16Br2N2O3. The molecule has 0 aliphatic heterocycles. The number of hydrogen-bond acceptors (Lipinski definition) is 4. The van der Waals surface area contributed by atoms with Crippen molar-refractivity contribution in [3.05, 3.63) is 57.0 Å². The Bertz CT molecular complexity index is 847. The molecule has 5 nitrogen and oxygen atoms in total. The Kier molecular flexibility index (Phi) is 7.70. The average molecular weight is 480 g/mol. The number of carbonyl (C=O) groups is 1. The van der Waals surface area contributed by atoms with Crippen LogP contribution < -0.4 is 14.9 Å². The number of ether oxygens (including phenoxy) is 2. The van der Waals surface area contributed by atoms with E-state index in [0.29, 0.717) is 17.1 Å². The number of benzene rings is 2. The smallest absolute Gasteiger partial charge is 0.280 e. The summed E-state index contributed by atoms with van der Waals surface area (Å²) in [6.45, 7) is 1.79. The molecule has 1 N–H and O–H groups in total. The van der Waals surface area contributed by atoms with Crippen LogP contribution in [0.25, 0.3) is 0 Å². The van der Waals surface area contributed by atoms with Gasteiger partial charge in [-0.3, -0.25) is 4.79 Å². The van der Waals surface area contributed by atoms with Crippen LogP contribution in [0.1, 0.15) is 12.5 Å². The van der Waals surface area contributed by atoms with Gasteiger partial charge in [-0.25, -0.2) is 5.43 Å². The zero-order valence-corrected chi connectivity index (χ0v) is 17.1. The van der Waals surface area contributed by atoms with Gasteiger partial charge in [0.15, 0.2) is 6.10 Å². The van der Waals surface area contributed by atoms with E-state index in [4.69, 9.17) is 15.9 Å². The van der Waals surface area contributed by atoms with Gasteiger partial charge in [-0.05, 0) is 53.2 Å². The molecule has 0 aliphatic carbocycles. The second kappa shape index (κ2) is 10.00. The third kappa shape index (κ3) is 5.90. The largest absolute Gasteiger partial charge is 0.480 e. The minimum atomic E-state index is -0.717. The van der Waals surface area contributed by atoms with Gasteiger partial charge in [0.25, 0.3) is 5.91 Å². The van der Waals surface area contributed by atoms with Gasteiger partial charge in [0, 0.05) is 10.0 Å². The normalized spacial score (nSPS) is 11.6.